The largest absolute Gasteiger partial charge is 0.312 e. The van der Waals surface area contributed by atoms with E-state index in [1.165, 1.54) is 29.5 Å². The normalized spacial score (nSPS) is 20.2. The number of hydrogen-bond donors (Lipinski definition) is 1. The molecule has 0 bridgehead atoms. The average molecular weight is 229 g/mol. The minimum absolute atomic E-state index is 0.600. The number of nitrogens with one attached hydrogen (secondary N) is 1. The molecule has 2 heterocycles. The summed E-state index contributed by atoms with van der Waals surface area (Å²) < 4.78 is 2.17. The van der Waals surface area contributed by atoms with Gasteiger partial charge in [-0.05, 0) is 38.8 Å². The van der Waals surface area contributed by atoms with E-state index in [2.05, 4.69) is 42.0 Å². The zero-order valence-corrected chi connectivity index (χ0v) is 10.5. The summed E-state index contributed by atoms with van der Waals surface area (Å²) in [5.74, 6) is 0. The molecule has 90 valence electrons. The van der Waals surface area contributed by atoms with Gasteiger partial charge < -0.3 is 5.32 Å². The van der Waals surface area contributed by atoms with Crippen molar-refractivity contribution < 1.29 is 0 Å². The molecule has 0 spiro atoms. The summed E-state index contributed by atoms with van der Waals surface area (Å²) in [7, 11) is 0. The van der Waals surface area contributed by atoms with Crippen molar-refractivity contribution in [1.29, 1.82) is 0 Å². The molecule has 0 amide bonds. The second-order valence-electron chi connectivity index (χ2n) is 5.03. The summed E-state index contributed by atoms with van der Waals surface area (Å²) in [6, 6.07) is 7.02. The Hall–Kier alpha value is -1.35. The maximum atomic E-state index is 4.75. The van der Waals surface area contributed by atoms with Crippen LogP contribution in [0.3, 0.4) is 0 Å². The van der Waals surface area contributed by atoms with E-state index < -0.39 is 0 Å². The summed E-state index contributed by atoms with van der Waals surface area (Å²) in [5.41, 5.74) is 3.71. The van der Waals surface area contributed by atoms with Crippen LogP contribution >= 0.6 is 0 Å². The number of aryl methyl sites for hydroxylation is 2. The van der Waals surface area contributed by atoms with E-state index in [-0.39, 0.29) is 0 Å². The summed E-state index contributed by atoms with van der Waals surface area (Å²) in [5, 5.41) is 9.58. The number of fused-ring (bicyclic) bond motifs is 1. The zero-order valence-electron chi connectivity index (χ0n) is 10.5. The predicted molar refractivity (Wildman–Crippen MR) is 70.2 cm³/mol. The van der Waals surface area contributed by atoms with Gasteiger partial charge in [-0.15, -0.1) is 0 Å². The first kappa shape index (κ1) is 10.8. The third-order valence-corrected chi connectivity index (χ3v) is 3.79. The SMILES string of the molecule is Cc1cccc2c(C)n(CC3CCCN3)nc12. The van der Waals surface area contributed by atoms with Crippen LogP contribution < -0.4 is 5.32 Å². The van der Waals surface area contributed by atoms with Crippen LogP contribution in [0.4, 0.5) is 0 Å². The van der Waals surface area contributed by atoms with E-state index in [0.29, 0.717) is 6.04 Å². The minimum atomic E-state index is 0.600. The Morgan fingerprint density at radius 1 is 1.41 bits per heavy atom. The van der Waals surface area contributed by atoms with Gasteiger partial charge in [-0.1, -0.05) is 18.2 Å². The lowest BCUT2D eigenvalue weighted by molar-refractivity contribution is 0.471. The third-order valence-electron chi connectivity index (χ3n) is 3.79. The van der Waals surface area contributed by atoms with Crippen LogP contribution in [0.5, 0.6) is 0 Å². The van der Waals surface area contributed by atoms with Crippen molar-refractivity contribution in [3.63, 3.8) is 0 Å². The van der Waals surface area contributed by atoms with Crippen molar-refractivity contribution in [2.75, 3.05) is 6.54 Å². The van der Waals surface area contributed by atoms with Crippen molar-refractivity contribution in [2.24, 2.45) is 0 Å². The second-order valence-corrected chi connectivity index (χ2v) is 5.03. The highest BCUT2D eigenvalue weighted by molar-refractivity contribution is 5.84. The Morgan fingerprint density at radius 2 is 2.29 bits per heavy atom. The number of rotatable bonds is 2. The minimum Gasteiger partial charge on any atom is -0.312 e. The third kappa shape index (κ3) is 1.84. The molecule has 17 heavy (non-hydrogen) atoms. The molecule has 1 atom stereocenters. The molecule has 3 rings (SSSR count). The highest BCUT2D eigenvalue weighted by Crippen LogP contribution is 2.21. The van der Waals surface area contributed by atoms with E-state index in [1.807, 2.05) is 0 Å². The molecule has 1 unspecified atom stereocenters. The fourth-order valence-electron chi connectivity index (χ4n) is 2.72. The summed E-state index contributed by atoms with van der Waals surface area (Å²) in [4.78, 5) is 0. The summed E-state index contributed by atoms with van der Waals surface area (Å²) in [6.45, 7) is 6.46. The molecular formula is C14H19N3. The average Bonchev–Trinajstić information content (AvgIpc) is 2.92. The number of benzene rings is 1. The molecule has 0 saturated carbocycles. The highest BCUT2D eigenvalue weighted by atomic mass is 15.3. The lowest BCUT2D eigenvalue weighted by atomic mass is 10.1. The number of hydrogen-bond acceptors (Lipinski definition) is 2. The van der Waals surface area contributed by atoms with E-state index >= 15 is 0 Å². The first-order chi connectivity index (χ1) is 8.25. The van der Waals surface area contributed by atoms with Gasteiger partial charge in [0.1, 0.15) is 0 Å². The van der Waals surface area contributed by atoms with Crippen LogP contribution in [0.15, 0.2) is 18.2 Å². The fraction of sp³-hybridized carbons (Fsp3) is 0.500. The topological polar surface area (TPSA) is 29.9 Å². The molecule has 3 nitrogen and oxygen atoms in total. The van der Waals surface area contributed by atoms with Gasteiger partial charge in [0, 0.05) is 17.1 Å². The lowest BCUT2D eigenvalue weighted by Crippen LogP contribution is -2.27. The molecule has 1 aliphatic heterocycles. The molecule has 0 aliphatic carbocycles. The van der Waals surface area contributed by atoms with Gasteiger partial charge in [-0.2, -0.15) is 5.10 Å². The molecular weight excluding hydrogens is 210 g/mol. The van der Waals surface area contributed by atoms with Gasteiger partial charge in [0.15, 0.2) is 0 Å². The van der Waals surface area contributed by atoms with E-state index in [0.717, 1.165) is 18.6 Å². The Kier molecular flexibility index (Phi) is 2.63. The molecule has 1 aromatic carbocycles. The van der Waals surface area contributed by atoms with E-state index in [1.54, 1.807) is 0 Å². The maximum absolute atomic E-state index is 4.75. The molecule has 3 heteroatoms. The van der Waals surface area contributed by atoms with Crippen molar-refractivity contribution >= 4 is 10.9 Å². The highest BCUT2D eigenvalue weighted by Gasteiger charge is 2.17. The van der Waals surface area contributed by atoms with Crippen LogP contribution in [0.1, 0.15) is 24.1 Å². The van der Waals surface area contributed by atoms with Crippen molar-refractivity contribution in [1.82, 2.24) is 15.1 Å². The van der Waals surface area contributed by atoms with Crippen molar-refractivity contribution in [3.8, 4) is 0 Å². The van der Waals surface area contributed by atoms with Crippen LogP contribution in [0, 0.1) is 13.8 Å². The van der Waals surface area contributed by atoms with Crippen LogP contribution in [0.2, 0.25) is 0 Å². The fourth-order valence-corrected chi connectivity index (χ4v) is 2.72. The van der Waals surface area contributed by atoms with Gasteiger partial charge in [0.25, 0.3) is 0 Å². The first-order valence-corrected chi connectivity index (χ1v) is 6.42. The Labute approximate surface area is 102 Å². The van der Waals surface area contributed by atoms with E-state index in [4.69, 9.17) is 5.10 Å². The van der Waals surface area contributed by atoms with Crippen molar-refractivity contribution in [3.05, 3.63) is 29.5 Å². The lowest BCUT2D eigenvalue weighted by Gasteiger charge is -2.11. The van der Waals surface area contributed by atoms with Crippen LogP contribution in [-0.4, -0.2) is 22.4 Å². The van der Waals surface area contributed by atoms with Gasteiger partial charge >= 0.3 is 0 Å². The predicted octanol–water partition coefficient (Wildman–Crippen LogP) is 2.41. The van der Waals surface area contributed by atoms with Gasteiger partial charge in [-0.25, -0.2) is 0 Å². The first-order valence-electron chi connectivity index (χ1n) is 6.42. The molecule has 1 aromatic heterocycles. The number of nitrogens with zero attached hydrogens (tertiary/aromatic N) is 2. The zero-order chi connectivity index (χ0) is 11.8. The van der Waals surface area contributed by atoms with E-state index in [9.17, 15) is 0 Å². The maximum Gasteiger partial charge on any atom is 0.0955 e. The van der Waals surface area contributed by atoms with Gasteiger partial charge in [0.2, 0.25) is 0 Å². The molecule has 1 saturated heterocycles. The van der Waals surface area contributed by atoms with Crippen LogP contribution in [-0.2, 0) is 6.54 Å². The Balaban J connectivity index is 1.99. The smallest absolute Gasteiger partial charge is 0.0955 e. The molecule has 1 fully saturated rings. The van der Waals surface area contributed by atoms with Gasteiger partial charge in [0.05, 0.1) is 12.1 Å². The monoisotopic (exact) mass is 229 g/mol. The Morgan fingerprint density at radius 3 is 3.00 bits per heavy atom. The molecule has 2 aromatic rings. The quantitative estimate of drug-likeness (QED) is 0.857. The number of aromatic nitrogens is 2. The standard InChI is InChI=1S/C14H19N3/c1-10-5-3-7-13-11(2)17(16-14(10)13)9-12-6-4-8-15-12/h3,5,7,12,15H,4,6,8-9H2,1-2H3. The Bertz CT molecular complexity index is 536. The summed E-state index contributed by atoms with van der Waals surface area (Å²) >= 11 is 0. The van der Waals surface area contributed by atoms with Crippen LogP contribution in [0.25, 0.3) is 10.9 Å². The second kappa shape index (κ2) is 4.15. The van der Waals surface area contributed by atoms with Gasteiger partial charge in [-0.3, -0.25) is 4.68 Å². The summed E-state index contributed by atoms with van der Waals surface area (Å²) in [6.07, 6.45) is 2.57. The van der Waals surface area contributed by atoms with Crippen molar-refractivity contribution in [2.45, 2.75) is 39.3 Å². The molecule has 0 radical (unpaired) electrons. The molecule has 1 N–H and O–H groups in total. The molecule has 1 aliphatic rings.